The van der Waals surface area contributed by atoms with Gasteiger partial charge in [0.1, 0.15) is 52.9 Å². The summed E-state index contributed by atoms with van der Waals surface area (Å²) in [6.45, 7) is 21.8. The van der Waals surface area contributed by atoms with Crippen molar-refractivity contribution in [3.8, 4) is 75.3 Å². The van der Waals surface area contributed by atoms with Gasteiger partial charge in [0.15, 0.2) is 46.0 Å². The average molecular weight is 1080 g/mol. The molecule has 0 radical (unpaired) electrons. The fourth-order valence-electron chi connectivity index (χ4n) is 10.7. The highest BCUT2D eigenvalue weighted by molar-refractivity contribution is 7.29. The Hall–Kier alpha value is -5.92. The molecule has 4 aliphatic heterocycles. The highest BCUT2D eigenvalue weighted by Gasteiger charge is 2.38. The summed E-state index contributed by atoms with van der Waals surface area (Å²) in [5.74, 6) is 8.23. The van der Waals surface area contributed by atoms with Crippen LogP contribution < -0.4 is 37.9 Å². The standard InChI is InChI=1S/C37H44.C26H22O8S4/c1-26-7-15-32(16-8-26)30(5)23-36(34-19-11-28(3)12-20-34)25-37(35-21-13-29(4)14-22-35)24-31(6)33-17-9-27(2)10-18-33;1-11-13-15(29-5-3-27-13)21(35-11)23-17-19(33-9-7-31-17)25(37-23)26-20-18(32-8-10-34-20)24(38-26)22-16-14(12(2)36-22)28-4-6-30-16/h7-22,30-31,36-37H,23-25H2,1-6H3;3-10H2,1-2H3. The summed E-state index contributed by atoms with van der Waals surface area (Å²) < 4.78 is 48.9. The molecule has 4 atom stereocenters. The maximum atomic E-state index is 6.25. The lowest BCUT2D eigenvalue weighted by Crippen LogP contribution is -2.16. The molecule has 12 rings (SSSR count). The first kappa shape index (κ1) is 51.2. The van der Waals surface area contributed by atoms with Crippen molar-refractivity contribution in [3.63, 3.8) is 0 Å². The normalized spacial score (nSPS) is 15.8. The van der Waals surface area contributed by atoms with Crippen LogP contribution in [0.1, 0.15) is 111 Å². The van der Waals surface area contributed by atoms with E-state index in [0.29, 0.717) is 76.5 Å². The number of aryl methyl sites for hydroxylation is 6. The summed E-state index contributed by atoms with van der Waals surface area (Å²) >= 11 is 6.57. The van der Waals surface area contributed by atoms with Gasteiger partial charge in [0.25, 0.3) is 0 Å². The maximum absolute atomic E-state index is 6.25. The van der Waals surface area contributed by atoms with Crippen molar-refractivity contribution in [1.82, 2.24) is 0 Å². The van der Waals surface area contributed by atoms with E-state index in [9.17, 15) is 0 Å². The molecule has 4 aliphatic rings. The summed E-state index contributed by atoms with van der Waals surface area (Å²) in [5.41, 5.74) is 11.2. The fraction of sp³-hybridized carbons (Fsp3) is 0.365. The van der Waals surface area contributed by atoms with Crippen LogP contribution in [0.25, 0.3) is 29.3 Å². The maximum Gasteiger partial charge on any atom is 0.181 e. The first-order chi connectivity index (χ1) is 36.5. The Bertz CT molecular complexity index is 3030. The van der Waals surface area contributed by atoms with Crippen LogP contribution in [0.5, 0.6) is 46.0 Å². The van der Waals surface area contributed by atoms with Crippen molar-refractivity contribution in [2.45, 2.75) is 98.3 Å². The highest BCUT2D eigenvalue weighted by atomic mass is 32.1. The molecule has 8 nitrogen and oxygen atoms in total. The number of thiophene rings is 4. The van der Waals surface area contributed by atoms with E-state index in [2.05, 4.69) is 152 Å². The summed E-state index contributed by atoms with van der Waals surface area (Å²) in [6, 6.07) is 36.9. The number of fused-ring (bicyclic) bond motifs is 4. The van der Waals surface area contributed by atoms with E-state index in [-0.39, 0.29) is 0 Å². The molecule has 0 fully saturated rings. The lowest BCUT2D eigenvalue weighted by atomic mass is 9.75. The molecule has 390 valence electrons. The predicted molar refractivity (Wildman–Crippen MR) is 309 cm³/mol. The van der Waals surface area contributed by atoms with Gasteiger partial charge in [-0.25, -0.2) is 0 Å². The van der Waals surface area contributed by atoms with Crippen molar-refractivity contribution < 1.29 is 37.9 Å². The van der Waals surface area contributed by atoms with Gasteiger partial charge in [0.05, 0.1) is 29.3 Å². The quantitative estimate of drug-likeness (QED) is 0.113. The van der Waals surface area contributed by atoms with Crippen LogP contribution in [-0.2, 0) is 0 Å². The third-order valence-corrected chi connectivity index (χ3v) is 19.7. The van der Waals surface area contributed by atoms with E-state index in [4.69, 9.17) is 37.9 Å². The number of benzene rings is 4. The van der Waals surface area contributed by atoms with E-state index in [1.54, 1.807) is 45.3 Å². The largest absolute Gasteiger partial charge is 0.485 e. The third kappa shape index (κ3) is 10.8. The van der Waals surface area contributed by atoms with Crippen molar-refractivity contribution in [2.75, 3.05) is 52.9 Å². The zero-order chi connectivity index (χ0) is 51.7. The van der Waals surface area contributed by atoms with E-state index in [1.807, 2.05) is 0 Å². The molecule has 0 bridgehead atoms. The van der Waals surface area contributed by atoms with E-state index < -0.39 is 0 Å². The van der Waals surface area contributed by atoms with Gasteiger partial charge in [-0.15, -0.1) is 45.3 Å². The molecule has 4 aromatic heterocycles. The van der Waals surface area contributed by atoms with Gasteiger partial charge >= 0.3 is 0 Å². The second-order valence-corrected chi connectivity index (χ2v) is 25.0. The first-order valence-corrected chi connectivity index (χ1v) is 29.6. The fourth-order valence-corrected chi connectivity index (χ4v) is 15.5. The lowest BCUT2D eigenvalue weighted by Gasteiger charge is -2.29. The van der Waals surface area contributed by atoms with Gasteiger partial charge in [-0.3, -0.25) is 0 Å². The van der Waals surface area contributed by atoms with Gasteiger partial charge in [0.2, 0.25) is 0 Å². The molecule has 8 heterocycles. The minimum Gasteiger partial charge on any atom is -0.485 e. The van der Waals surface area contributed by atoms with Gasteiger partial charge in [-0.1, -0.05) is 133 Å². The monoisotopic (exact) mass is 1080 g/mol. The Morgan fingerprint density at radius 1 is 0.293 bits per heavy atom. The van der Waals surface area contributed by atoms with Crippen molar-refractivity contribution in [1.29, 1.82) is 0 Å². The van der Waals surface area contributed by atoms with E-state index in [1.165, 1.54) is 50.9 Å². The molecular weight excluding hydrogens is 1010 g/mol. The number of hydrogen-bond donors (Lipinski definition) is 0. The third-order valence-electron chi connectivity index (χ3n) is 14.8. The molecule has 0 N–H and O–H groups in total. The minimum atomic E-state index is 0.484. The van der Waals surface area contributed by atoms with Crippen LogP contribution >= 0.6 is 45.3 Å². The van der Waals surface area contributed by atoms with Crippen molar-refractivity contribution in [2.24, 2.45) is 0 Å². The molecule has 0 spiro atoms. The molecule has 0 aliphatic carbocycles. The molecule has 8 aromatic rings. The highest BCUT2D eigenvalue weighted by Crippen LogP contribution is 2.65. The second-order valence-electron chi connectivity index (χ2n) is 20.5. The Morgan fingerprint density at radius 2 is 0.520 bits per heavy atom. The molecule has 75 heavy (non-hydrogen) atoms. The van der Waals surface area contributed by atoms with Crippen LogP contribution in [0.2, 0.25) is 0 Å². The molecule has 4 unspecified atom stereocenters. The van der Waals surface area contributed by atoms with Gasteiger partial charge in [-0.2, -0.15) is 0 Å². The van der Waals surface area contributed by atoms with Crippen LogP contribution in [0.4, 0.5) is 0 Å². The summed E-state index contributed by atoms with van der Waals surface area (Å²) in [5, 5.41) is 0. The minimum absolute atomic E-state index is 0.484. The smallest absolute Gasteiger partial charge is 0.181 e. The number of rotatable bonds is 13. The molecule has 0 saturated heterocycles. The Morgan fingerprint density at radius 3 is 0.800 bits per heavy atom. The van der Waals surface area contributed by atoms with Crippen LogP contribution in [0.3, 0.4) is 0 Å². The van der Waals surface area contributed by atoms with Gasteiger partial charge in [0, 0.05) is 9.75 Å². The van der Waals surface area contributed by atoms with E-state index >= 15 is 0 Å². The predicted octanol–water partition coefficient (Wildman–Crippen LogP) is 17.2. The van der Waals surface area contributed by atoms with E-state index in [0.717, 1.165) is 97.9 Å². The average Bonchev–Trinajstić information content (AvgIpc) is 4.20. The Balaban J connectivity index is 0.000000161. The number of hydrogen-bond acceptors (Lipinski definition) is 12. The zero-order valence-corrected chi connectivity index (χ0v) is 47.5. The molecular formula is C63H66O8S4. The molecule has 0 amide bonds. The van der Waals surface area contributed by atoms with Crippen LogP contribution in [0.15, 0.2) is 97.1 Å². The lowest BCUT2D eigenvalue weighted by molar-refractivity contribution is 0.170. The van der Waals surface area contributed by atoms with Crippen molar-refractivity contribution >= 4 is 45.3 Å². The van der Waals surface area contributed by atoms with Gasteiger partial charge < -0.3 is 37.9 Å². The second kappa shape index (κ2) is 22.3. The summed E-state index contributed by atoms with van der Waals surface area (Å²) in [7, 11) is 0. The molecule has 12 heteroatoms. The van der Waals surface area contributed by atoms with Crippen LogP contribution in [0, 0.1) is 41.5 Å². The summed E-state index contributed by atoms with van der Waals surface area (Å²) in [6.07, 6.45) is 3.49. The molecule has 0 saturated carbocycles. The Kier molecular flexibility index (Phi) is 15.3. The number of ether oxygens (including phenoxy) is 8. The topological polar surface area (TPSA) is 73.8 Å². The molecule has 4 aromatic carbocycles. The van der Waals surface area contributed by atoms with Crippen molar-refractivity contribution in [3.05, 3.63) is 151 Å². The SMILES string of the molecule is Cc1ccc(C(C)CC(CC(CC(C)c2ccc(C)cc2)c2ccc(C)cc2)c2ccc(C)cc2)cc1.Cc1sc(-c2sc(-c3sc(-c4sc(C)c5c4OCCO5)c4c3OCCO4)c3c2OCCO3)c2c1OCCO2. The van der Waals surface area contributed by atoms with Crippen LogP contribution in [-0.4, -0.2) is 52.9 Å². The summed E-state index contributed by atoms with van der Waals surface area (Å²) in [4.78, 5) is 8.07. The van der Waals surface area contributed by atoms with Gasteiger partial charge in [-0.05, 0) is 107 Å². The zero-order valence-electron chi connectivity index (χ0n) is 44.2. The first-order valence-electron chi connectivity index (χ1n) is 26.4. The Labute approximate surface area is 458 Å².